The van der Waals surface area contributed by atoms with E-state index in [1.807, 2.05) is 24.3 Å². The van der Waals surface area contributed by atoms with Crippen molar-refractivity contribution in [3.8, 4) is 21.6 Å². The molecule has 2 unspecified atom stereocenters. The summed E-state index contributed by atoms with van der Waals surface area (Å²) < 4.78 is 67.3. The first-order valence-corrected chi connectivity index (χ1v) is 9.32. The second kappa shape index (κ2) is 6.44. The Balaban J connectivity index is 1.67. The minimum Gasteiger partial charge on any atom is -0.206 e. The molecule has 0 nitrogen and oxygen atoms in total. The third-order valence-electron chi connectivity index (χ3n) is 4.96. The molecule has 1 aromatic heterocycles. The molecule has 2 atom stereocenters. The zero-order valence-corrected chi connectivity index (χ0v) is 15.1. The molecule has 0 amide bonds. The van der Waals surface area contributed by atoms with E-state index in [-0.39, 0.29) is 4.88 Å². The highest BCUT2D eigenvalue weighted by Gasteiger charge is 2.34. The second-order valence-corrected chi connectivity index (χ2v) is 8.00. The second-order valence-electron chi connectivity index (χ2n) is 6.92. The highest BCUT2D eigenvalue weighted by Crippen LogP contribution is 2.47. The molecule has 0 radical (unpaired) electrons. The van der Waals surface area contributed by atoms with Crippen LogP contribution >= 0.6 is 11.3 Å². The van der Waals surface area contributed by atoms with Gasteiger partial charge in [-0.3, -0.25) is 0 Å². The van der Waals surface area contributed by atoms with E-state index in [4.69, 9.17) is 0 Å². The van der Waals surface area contributed by atoms with Gasteiger partial charge in [0.2, 0.25) is 0 Å². The lowest BCUT2D eigenvalue weighted by atomic mass is 9.99. The SMILES string of the molecule is CC1CC1c1ccc(-c2cc(F)c(-c3ccc(C(F)(F)F)s3)c(F)c2)cc1. The molecule has 1 saturated carbocycles. The normalized spacial score (nSPS) is 19.3. The molecule has 140 valence electrons. The van der Waals surface area contributed by atoms with Crippen molar-refractivity contribution in [2.75, 3.05) is 0 Å². The molecule has 1 aliphatic carbocycles. The first kappa shape index (κ1) is 18.2. The molecular formula is C21H15F5S. The third-order valence-corrected chi connectivity index (χ3v) is 6.10. The molecule has 2 aromatic carbocycles. The molecule has 0 N–H and O–H groups in total. The van der Waals surface area contributed by atoms with Crippen molar-refractivity contribution < 1.29 is 22.0 Å². The standard InChI is InChI=1S/C21H15F5S/c1-11-8-15(11)13-4-2-12(3-5-13)14-9-16(22)20(17(23)10-14)18-6-7-19(27-18)21(24,25)26/h2-7,9-11,15H,8H2,1H3. The fourth-order valence-electron chi connectivity index (χ4n) is 3.31. The summed E-state index contributed by atoms with van der Waals surface area (Å²) in [6, 6.07) is 11.8. The summed E-state index contributed by atoms with van der Waals surface area (Å²) in [6.45, 7) is 2.18. The largest absolute Gasteiger partial charge is 0.425 e. The maximum Gasteiger partial charge on any atom is 0.425 e. The Labute approximate surface area is 157 Å². The lowest BCUT2D eigenvalue weighted by Crippen LogP contribution is -2.00. The van der Waals surface area contributed by atoms with Gasteiger partial charge in [0.15, 0.2) is 0 Å². The summed E-state index contributed by atoms with van der Waals surface area (Å²) in [5.41, 5.74) is 1.81. The Morgan fingerprint density at radius 2 is 1.48 bits per heavy atom. The van der Waals surface area contributed by atoms with Gasteiger partial charge in [-0.25, -0.2) is 8.78 Å². The molecule has 1 heterocycles. The van der Waals surface area contributed by atoms with Gasteiger partial charge < -0.3 is 0 Å². The van der Waals surface area contributed by atoms with Crippen molar-refractivity contribution in [1.82, 2.24) is 0 Å². The molecule has 4 rings (SSSR count). The highest BCUT2D eigenvalue weighted by molar-refractivity contribution is 7.15. The Morgan fingerprint density at radius 3 is 1.96 bits per heavy atom. The van der Waals surface area contributed by atoms with Crippen LogP contribution in [-0.4, -0.2) is 0 Å². The average Bonchev–Trinajstić information content (AvgIpc) is 3.12. The molecule has 6 heteroatoms. The van der Waals surface area contributed by atoms with Crippen LogP contribution < -0.4 is 0 Å². The van der Waals surface area contributed by atoms with Crippen LogP contribution in [-0.2, 0) is 6.18 Å². The summed E-state index contributed by atoms with van der Waals surface area (Å²) in [7, 11) is 0. The molecule has 1 aliphatic rings. The van der Waals surface area contributed by atoms with E-state index in [9.17, 15) is 22.0 Å². The first-order chi connectivity index (χ1) is 12.7. The van der Waals surface area contributed by atoms with Gasteiger partial charge in [0.05, 0.1) is 5.56 Å². The van der Waals surface area contributed by atoms with Crippen molar-refractivity contribution in [1.29, 1.82) is 0 Å². The molecular weight excluding hydrogens is 379 g/mol. The van der Waals surface area contributed by atoms with Crippen molar-refractivity contribution in [2.24, 2.45) is 5.92 Å². The zero-order chi connectivity index (χ0) is 19.3. The number of hydrogen-bond donors (Lipinski definition) is 0. The van der Waals surface area contributed by atoms with Crippen LogP contribution in [0.3, 0.4) is 0 Å². The molecule has 0 aliphatic heterocycles. The predicted molar refractivity (Wildman–Crippen MR) is 96.6 cm³/mol. The summed E-state index contributed by atoms with van der Waals surface area (Å²) in [5.74, 6) is -0.533. The Hall–Kier alpha value is -2.21. The van der Waals surface area contributed by atoms with E-state index in [0.29, 0.717) is 34.3 Å². The van der Waals surface area contributed by atoms with E-state index in [2.05, 4.69) is 6.92 Å². The molecule has 0 bridgehead atoms. The minimum atomic E-state index is -4.53. The van der Waals surface area contributed by atoms with Crippen molar-refractivity contribution in [2.45, 2.75) is 25.4 Å². The maximum atomic E-state index is 14.5. The predicted octanol–water partition coefficient (Wildman–Crippen LogP) is 7.50. The van der Waals surface area contributed by atoms with E-state index >= 15 is 0 Å². The van der Waals surface area contributed by atoms with Crippen LogP contribution in [0, 0.1) is 17.6 Å². The quantitative estimate of drug-likeness (QED) is 0.403. The van der Waals surface area contributed by atoms with E-state index < -0.39 is 28.3 Å². The van der Waals surface area contributed by atoms with Gasteiger partial charge in [-0.15, -0.1) is 11.3 Å². The number of alkyl halides is 3. The van der Waals surface area contributed by atoms with Gasteiger partial charge in [0, 0.05) is 4.88 Å². The number of hydrogen-bond acceptors (Lipinski definition) is 1. The van der Waals surface area contributed by atoms with Gasteiger partial charge >= 0.3 is 6.18 Å². The van der Waals surface area contributed by atoms with Crippen LogP contribution in [0.1, 0.15) is 29.7 Å². The monoisotopic (exact) mass is 394 g/mol. The molecule has 3 aromatic rings. The zero-order valence-electron chi connectivity index (χ0n) is 14.3. The van der Waals surface area contributed by atoms with Gasteiger partial charge in [0.25, 0.3) is 0 Å². The fraction of sp³-hybridized carbons (Fsp3) is 0.238. The fourth-order valence-corrected chi connectivity index (χ4v) is 4.23. The van der Waals surface area contributed by atoms with Crippen molar-refractivity contribution in [3.05, 3.63) is 70.6 Å². The Morgan fingerprint density at radius 1 is 0.889 bits per heavy atom. The van der Waals surface area contributed by atoms with Crippen LogP contribution in [0.25, 0.3) is 21.6 Å². The van der Waals surface area contributed by atoms with Gasteiger partial charge in [-0.05, 0) is 59.2 Å². The van der Waals surface area contributed by atoms with Crippen LogP contribution in [0.2, 0.25) is 0 Å². The molecule has 1 fully saturated rings. The summed E-state index contributed by atoms with van der Waals surface area (Å²) in [4.78, 5) is -0.966. The maximum absolute atomic E-state index is 14.5. The summed E-state index contributed by atoms with van der Waals surface area (Å²) in [6.07, 6.45) is -3.38. The third kappa shape index (κ3) is 3.50. The number of benzene rings is 2. The van der Waals surface area contributed by atoms with E-state index in [0.717, 1.165) is 18.6 Å². The number of thiophene rings is 1. The van der Waals surface area contributed by atoms with Gasteiger partial charge in [-0.1, -0.05) is 31.2 Å². The van der Waals surface area contributed by atoms with Crippen molar-refractivity contribution >= 4 is 11.3 Å². The average molecular weight is 394 g/mol. The minimum absolute atomic E-state index is 0.0815. The van der Waals surface area contributed by atoms with Crippen LogP contribution in [0.15, 0.2) is 48.5 Å². The Bertz CT molecular complexity index is 962. The molecule has 0 saturated heterocycles. The molecule has 27 heavy (non-hydrogen) atoms. The first-order valence-electron chi connectivity index (χ1n) is 8.51. The number of halogens is 5. The number of rotatable bonds is 3. The van der Waals surface area contributed by atoms with Crippen LogP contribution in [0.4, 0.5) is 22.0 Å². The lowest BCUT2D eigenvalue weighted by Gasteiger charge is -2.08. The Kier molecular flexibility index (Phi) is 4.34. The lowest BCUT2D eigenvalue weighted by molar-refractivity contribution is -0.134. The highest BCUT2D eigenvalue weighted by atomic mass is 32.1. The van der Waals surface area contributed by atoms with Crippen molar-refractivity contribution in [3.63, 3.8) is 0 Å². The topological polar surface area (TPSA) is 0 Å². The summed E-state index contributed by atoms with van der Waals surface area (Å²) in [5, 5.41) is 0. The van der Waals surface area contributed by atoms with Gasteiger partial charge in [0.1, 0.15) is 16.5 Å². The smallest absolute Gasteiger partial charge is 0.206 e. The van der Waals surface area contributed by atoms with E-state index in [1.165, 1.54) is 17.7 Å². The van der Waals surface area contributed by atoms with Crippen LogP contribution in [0.5, 0.6) is 0 Å². The van der Waals surface area contributed by atoms with E-state index in [1.54, 1.807) is 0 Å². The van der Waals surface area contributed by atoms with Gasteiger partial charge in [-0.2, -0.15) is 13.2 Å². The summed E-state index contributed by atoms with van der Waals surface area (Å²) >= 11 is 0.330. The molecule has 0 spiro atoms.